The number of para-hydroxylation sites is 2. The number of aromatic amines is 1. The molecule has 0 bridgehead atoms. The molecular formula is C20H20N4O2. The quantitative estimate of drug-likeness (QED) is 0.760. The Kier molecular flexibility index (Phi) is 4.16. The normalized spacial score (nSPS) is 19.9. The number of hydrogen-bond acceptors (Lipinski definition) is 3. The molecule has 0 aliphatic carbocycles. The Balaban J connectivity index is 1.46. The lowest BCUT2D eigenvalue weighted by Crippen LogP contribution is -2.42. The van der Waals surface area contributed by atoms with Gasteiger partial charge in [-0.3, -0.25) is 14.7 Å². The third kappa shape index (κ3) is 2.94. The Morgan fingerprint density at radius 3 is 2.73 bits per heavy atom. The van der Waals surface area contributed by atoms with E-state index in [1.807, 2.05) is 61.5 Å². The van der Waals surface area contributed by atoms with E-state index < -0.39 is 6.04 Å². The van der Waals surface area contributed by atoms with E-state index in [1.54, 1.807) is 4.90 Å². The Hall–Kier alpha value is -3.15. The van der Waals surface area contributed by atoms with Crippen molar-refractivity contribution in [1.82, 2.24) is 15.5 Å². The standard InChI is InChI=1S/C20H20N4O2/c1-13-11-18(20(26)24(13)14-7-3-2-4-8-14)21-19(25)12-17-15-9-5-6-10-16(15)22-23-17/h2-10,13,18H,11-12H2,1H3,(H,21,25)(H,22,23)/t13-,18+/m1/s1. The zero-order chi connectivity index (χ0) is 18.1. The van der Waals surface area contributed by atoms with Crippen LogP contribution in [0, 0.1) is 0 Å². The van der Waals surface area contributed by atoms with Gasteiger partial charge in [-0.2, -0.15) is 5.10 Å². The highest BCUT2D eigenvalue weighted by Gasteiger charge is 2.38. The Morgan fingerprint density at radius 1 is 1.19 bits per heavy atom. The van der Waals surface area contributed by atoms with E-state index in [-0.39, 0.29) is 24.3 Å². The highest BCUT2D eigenvalue weighted by atomic mass is 16.2. The molecule has 1 fully saturated rings. The minimum atomic E-state index is -0.494. The summed E-state index contributed by atoms with van der Waals surface area (Å²) in [7, 11) is 0. The molecule has 2 aromatic carbocycles. The number of nitrogens with one attached hydrogen (secondary N) is 2. The van der Waals surface area contributed by atoms with Gasteiger partial charge in [-0.05, 0) is 31.5 Å². The third-order valence-corrected chi connectivity index (χ3v) is 4.80. The molecule has 2 amide bonds. The van der Waals surface area contributed by atoms with Crippen LogP contribution < -0.4 is 10.2 Å². The molecule has 2 heterocycles. The van der Waals surface area contributed by atoms with Crippen molar-refractivity contribution in [2.45, 2.75) is 31.8 Å². The zero-order valence-electron chi connectivity index (χ0n) is 14.5. The number of carbonyl (C=O) groups excluding carboxylic acids is 2. The number of benzene rings is 2. The lowest BCUT2D eigenvalue weighted by atomic mass is 10.1. The maximum absolute atomic E-state index is 12.8. The minimum absolute atomic E-state index is 0.0446. The van der Waals surface area contributed by atoms with E-state index >= 15 is 0 Å². The molecule has 0 unspecified atom stereocenters. The van der Waals surface area contributed by atoms with E-state index in [2.05, 4.69) is 15.5 Å². The van der Waals surface area contributed by atoms with Crippen molar-refractivity contribution in [3.63, 3.8) is 0 Å². The fourth-order valence-electron chi connectivity index (χ4n) is 3.58. The molecule has 1 aromatic heterocycles. The van der Waals surface area contributed by atoms with Crippen LogP contribution in [0.15, 0.2) is 54.6 Å². The maximum Gasteiger partial charge on any atom is 0.249 e. The summed E-state index contributed by atoms with van der Waals surface area (Å²) in [6.07, 6.45) is 0.771. The number of fused-ring (bicyclic) bond motifs is 1. The Morgan fingerprint density at radius 2 is 1.92 bits per heavy atom. The first-order chi connectivity index (χ1) is 12.6. The second kappa shape index (κ2) is 6.63. The smallest absolute Gasteiger partial charge is 0.249 e. The summed E-state index contributed by atoms with van der Waals surface area (Å²) in [5, 5.41) is 10.9. The van der Waals surface area contributed by atoms with Crippen LogP contribution in [0.1, 0.15) is 19.0 Å². The van der Waals surface area contributed by atoms with Crippen molar-refractivity contribution >= 4 is 28.4 Å². The second-order valence-electron chi connectivity index (χ2n) is 6.64. The van der Waals surface area contributed by atoms with Crippen molar-refractivity contribution in [3.05, 3.63) is 60.3 Å². The minimum Gasteiger partial charge on any atom is -0.344 e. The van der Waals surface area contributed by atoms with Gasteiger partial charge in [-0.15, -0.1) is 0 Å². The van der Waals surface area contributed by atoms with Gasteiger partial charge in [0.1, 0.15) is 6.04 Å². The van der Waals surface area contributed by atoms with Gasteiger partial charge in [-0.25, -0.2) is 0 Å². The lowest BCUT2D eigenvalue weighted by Gasteiger charge is -2.21. The largest absolute Gasteiger partial charge is 0.344 e. The summed E-state index contributed by atoms with van der Waals surface area (Å²) >= 11 is 0. The van der Waals surface area contributed by atoms with E-state index in [0.29, 0.717) is 6.42 Å². The second-order valence-corrected chi connectivity index (χ2v) is 6.64. The molecule has 0 saturated carbocycles. The van der Waals surface area contributed by atoms with Crippen LogP contribution in [0.2, 0.25) is 0 Å². The molecule has 1 aliphatic heterocycles. The molecule has 0 spiro atoms. The highest BCUT2D eigenvalue weighted by Crippen LogP contribution is 2.26. The molecule has 0 radical (unpaired) electrons. The predicted molar refractivity (Wildman–Crippen MR) is 99.7 cm³/mol. The number of aromatic nitrogens is 2. The van der Waals surface area contributed by atoms with Crippen LogP contribution in [-0.4, -0.2) is 34.1 Å². The number of anilines is 1. The molecule has 3 aromatic rings. The molecule has 1 saturated heterocycles. The van der Waals surface area contributed by atoms with Gasteiger partial charge < -0.3 is 10.2 Å². The Labute approximate surface area is 151 Å². The molecule has 6 nitrogen and oxygen atoms in total. The van der Waals surface area contributed by atoms with Crippen molar-refractivity contribution in [2.75, 3.05) is 4.90 Å². The molecule has 2 N–H and O–H groups in total. The fraction of sp³-hybridized carbons (Fsp3) is 0.250. The van der Waals surface area contributed by atoms with Crippen molar-refractivity contribution in [3.8, 4) is 0 Å². The van der Waals surface area contributed by atoms with Crippen LogP contribution in [0.5, 0.6) is 0 Å². The van der Waals surface area contributed by atoms with E-state index in [9.17, 15) is 9.59 Å². The van der Waals surface area contributed by atoms with E-state index in [0.717, 1.165) is 22.3 Å². The monoisotopic (exact) mass is 348 g/mol. The summed E-state index contributed by atoms with van der Waals surface area (Å²) < 4.78 is 0. The summed E-state index contributed by atoms with van der Waals surface area (Å²) in [4.78, 5) is 27.0. The van der Waals surface area contributed by atoms with Gasteiger partial charge in [-0.1, -0.05) is 36.4 Å². The van der Waals surface area contributed by atoms with Crippen molar-refractivity contribution in [1.29, 1.82) is 0 Å². The van der Waals surface area contributed by atoms with Gasteiger partial charge in [0.15, 0.2) is 0 Å². The number of carbonyl (C=O) groups is 2. The summed E-state index contributed by atoms with van der Waals surface area (Å²) in [5.41, 5.74) is 2.45. The first-order valence-corrected chi connectivity index (χ1v) is 8.73. The summed E-state index contributed by atoms with van der Waals surface area (Å²) in [5.74, 6) is -0.244. The van der Waals surface area contributed by atoms with Crippen LogP contribution in [-0.2, 0) is 16.0 Å². The highest BCUT2D eigenvalue weighted by molar-refractivity contribution is 6.02. The SMILES string of the molecule is C[C@@H]1C[C@H](NC(=O)Cc2[nH]nc3ccccc23)C(=O)N1c1ccccc1. The molecular weight excluding hydrogens is 328 g/mol. The molecule has 26 heavy (non-hydrogen) atoms. The first-order valence-electron chi connectivity index (χ1n) is 8.73. The van der Waals surface area contributed by atoms with Crippen LogP contribution in [0.4, 0.5) is 5.69 Å². The van der Waals surface area contributed by atoms with Gasteiger partial charge in [0.25, 0.3) is 0 Å². The molecule has 2 atom stereocenters. The predicted octanol–water partition coefficient (Wildman–Crippen LogP) is 2.42. The number of rotatable bonds is 4. The fourth-order valence-corrected chi connectivity index (χ4v) is 3.58. The number of amides is 2. The maximum atomic E-state index is 12.8. The van der Waals surface area contributed by atoms with Gasteiger partial charge in [0.05, 0.1) is 17.6 Å². The van der Waals surface area contributed by atoms with Crippen LogP contribution >= 0.6 is 0 Å². The molecule has 6 heteroatoms. The molecule has 132 valence electrons. The number of nitrogens with zero attached hydrogens (tertiary/aromatic N) is 2. The third-order valence-electron chi connectivity index (χ3n) is 4.80. The van der Waals surface area contributed by atoms with E-state index in [1.165, 1.54) is 0 Å². The van der Waals surface area contributed by atoms with Gasteiger partial charge in [0, 0.05) is 17.1 Å². The van der Waals surface area contributed by atoms with Crippen molar-refractivity contribution in [2.24, 2.45) is 0 Å². The number of hydrogen-bond donors (Lipinski definition) is 2. The zero-order valence-corrected chi connectivity index (χ0v) is 14.5. The lowest BCUT2D eigenvalue weighted by molar-refractivity contribution is -0.126. The first kappa shape index (κ1) is 16.3. The van der Waals surface area contributed by atoms with E-state index in [4.69, 9.17) is 0 Å². The van der Waals surface area contributed by atoms with Crippen LogP contribution in [0.3, 0.4) is 0 Å². The van der Waals surface area contributed by atoms with Crippen LogP contribution in [0.25, 0.3) is 10.9 Å². The summed E-state index contributed by atoms with van der Waals surface area (Å²) in [6.45, 7) is 2.00. The summed E-state index contributed by atoms with van der Waals surface area (Å²) in [6, 6.07) is 16.8. The van der Waals surface area contributed by atoms with Gasteiger partial charge in [0.2, 0.25) is 11.8 Å². The van der Waals surface area contributed by atoms with Crippen molar-refractivity contribution < 1.29 is 9.59 Å². The molecule has 1 aliphatic rings. The number of H-pyrrole nitrogens is 1. The van der Waals surface area contributed by atoms with Gasteiger partial charge >= 0.3 is 0 Å². The topological polar surface area (TPSA) is 78.1 Å². The Bertz CT molecular complexity index is 951. The average molecular weight is 348 g/mol. The molecule has 4 rings (SSSR count). The average Bonchev–Trinajstić information content (AvgIpc) is 3.17.